The molecule has 1 rings (SSSR count). The minimum absolute atomic E-state index is 0.0814. The van der Waals surface area contributed by atoms with E-state index in [1.54, 1.807) is 19.4 Å². The van der Waals surface area contributed by atoms with Gasteiger partial charge in [-0.1, -0.05) is 0 Å². The summed E-state index contributed by atoms with van der Waals surface area (Å²) in [6.45, 7) is 0.501. The van der Waals surface area contributed by atoms with E-state index in [1.807, 2.05) is 11.6 Å². The maximum Gasteiger partial charge on any atom is 0.317 e. The second-order valence-corrected chi connectivity index (χ2v) is 3.69. The zero-order valence-electron chi connectivity index (χ0n) is 9.88. The molecule has 0 aromatic carbocycles. The number of aromatic nitrogens is 2. The van der Waals surface area contributed by atoms with Gasteiger partial charge in [-0.2, -0.15) is 0 Å². The number of urea groups is 1. The van der Waals surface area contributed by atoms with Gasteiger partial charge in [-0.25, -0.2) is 9.78 Å². The Morgan fingerprint density at radius 1 is 1.59 bits per heavy atom. The van der Waals surface area contributed by atoms with Gasteiger partial charge in [-0.3, -0.25) is 4.79 Å². The van der Waals surface area contributed by atoms with Crippen molar-refractivity contribution < 1.29 is 14.7 Å². The Morgan fingerprint density at radius 2 is 2.29 bits per heavy atom. The Labute approximate surface area is 99.1 Å². The van der Waals surface area contributed by atoms with Crippen LogP contribution in [0.5, 0.6) is 0 Å². The summed E-state index contributed by atoms with van der Waals surface area (Å²) in [5.41, 5.74) is 0. The predicted molar refractivity (Wildman–Crippen MR) is 60.3 cm³/mol. The van der Waals surface area contributed by atoms with E-state index in [9.17, 15) is 9.59 Å². The molecule has 7 nitrogen and oxygen atoms in total. The Morgan fingerprint density at radius 3 is 2.82 bits per heavy atom. The number of carboxylic acid groups (broad SMARTS) is 1. The number of hydrogen-bond acceptors (Lipinski definition) is 3. The Bertz CT molecular complexity index is 402. The van der Waals surface area contributed by atoms with Crippen molar-refractivity contribution in [2.24, 2.45) is 7.05 Å². The maximum absolute atomic E-state index is 11.5. The molecule has 2 N–H and O–H groups in total. The molecule has 2 amide bonds. The highest BCUT2D eigenvalue weighted by atomic mass is 16.4. The summed E-state index contributed by atoms with van der Waals surface area (Å²) in [5.74, 6) is -0.169. The molecule has 0 unspecified atom stereocenters. The van der Waals surface area contributed by atoms with E-state index < -0.39 is 5.97 Å². The first-order valence-electron chi connectivity index (χ1n) is 5.17. The van der Waals surface area contributed by atoms with E-state index >= 15 is 0 Å². The lowest BCUT2D eigenvalue weighted by Gasteiger charge is -2.17. The highest BCUT2D eigenvalue weighted by molar-refractivity contribution is 5.74. The second-order valence-electron chi connectivity index (χ2n) is 3.69. The Balaban J connectivity index is 2.37. The van der Waals surface area contributed by atoms with Crippen LogP contribution in [0.4, 0.5) is 4.79 Å². The van der Waals surface area contributed by atoms with Gasteiger partial charge in [-0.15, -0.1) is 0 Å². The Kier molecular flexibility index (Phi) is 4.50. The molecule has 0 fully saturated rings. The molecule has 0 atom stereocenters. The minimum atomic E-state index is -0.933. The molecule has 0 spiro atoms. The fourth-order valence-electron chi connectivity index (χ4n) is 1.24. The van der Waals surface area contributed by atoms with Crippen LogP contribution >= 0.6 is 0 Å². The van der Waals surface area contributed by atoms with Crippen LogP contribution in [0.1, 0.15) is 12.2 Å². The molecule has 1 aromatic heterocycles. The number of hydrogen-bond donors (Lipinski definition) is 2. The van der Waals surface area contributed by atoms with E-state index in [1.165, 1.54) is 4.90 Å². The zero-order valence-corrected chi connectivity index (χ0v) is 9.88. The maximum atomic E-state index is 11.5. The van der Waals surface area contributed by atoms with Gasteiger partial charge in [0.05, 0.1) is 13.0 Å². The second kappa shape index (κ2) is 5.88. The largest absolute Gasteiger partial charge is 0.481 e. The van der Waals surface area contributed by atoms with Crippen LogP contribution in [0.15, 0.2) is 12.4 Å². The number of imidazole rings is 1. The number of carboxylic acids is 1. The van der Waals surface area contributed by atoms with Gasteiger partial charge in [-0.05, 0) is 0 Å². The number of rotatable bonds is 5. The quantitative estimate of drug-likeness (QED) is 0.760. The monoisotopic (exact) mass is 240 g/mol. The molecular weight excluding hydrogens is 224 g/mol. The van der Waals surface area contributed by atoms with Crippen molar-refractivity contribution in [3.05, 3.63) is 18.2 Å². The number of aryl methyl sites for hydroxylation is 1. The highest BCUT2D eigenvalue weighted by Gasteiger charge is 2.11. The summed E-state index contributed by atoms with van der Waals surface area (Å²) in [5, 5.41) is 10.9. The van der Waals surface area contributed by atoms with Crippen molar-refractivity contribution in [3.63, 3.8) is 0 Å². The van der Waals surface area contributed by atoms with Gasteiger partial charge in [0, 0.05) is 33.0 Å². The van der Waals surface area contributed by atoms with Crippen molar-refractivity contribution in [1.29, 1.82) is 0 Å². The highest BCUT2D eigenvalue weighted by Crippen LogP contribution is 1.99. The molecular formula is C10H16N4O3. The summed E-state index contributed by atoms with van der Waals surface area (Å²) in [6, 6.07) is -0.311. The molecule has 0 aliphatic rings. The molecule has 17 heavy (non-hydrogen) atoms. The molecule has 0 aliphatic carbocycles. The number of carbonyl (C=O) groups excluding carboxylic acids is 1. The van der Waals surface area contributed by atoms with Crippen LogP contribution in [-0.4, -0.2) is 45.2 Å². The van der Waals surface area contributed by atoms with E-state index in [0.717, 1.165) is 5.82 Å². The standard InChI is InChI=1S/C10H16N4O3/c1-13-6-5-11-8(13)7-14(2)10(17)12-4-3-9(15)16/h5-6H,3-4,7H2,1-2H3,(H,12,17)(H,15,16). The topological polar surface area (TPSA) is 87.5 Å². The molecule has 0 radical (unpaired) electrons. The molecule has 1 aromatic rings. The number of nitrogens with zero attached hydrogens (tertiary/aromatic N) is 3. The summed E-state index contributed by atoms with van der Waals surface area (Å²) in [4.78, 5) is 27.4. The number of carbonyl (C=O) groups is 2. The van der Waals surface area contributed by atoms with Crippen molar-refractivity contribution in [2.75, 3.05) is 13.6 Å². The van der Waals surface area contributed by atoms with Crippen LogP contribution in [0.2, 0.25) is 0 Å². The summed E-state index contributed by atoms with van der Waals surface area (Å²) in [6.07, 6.45) is 3.37. The van der Waals surface area contributed by atoms with Crippen molar-refractivity contribution in [1.82, 2.24) is 19.8 Å². The van der Waals surface area contributed by atoms with Crippen molar-refractivity contribution in [3.8, 4) is 0 Å². The van der Waals surface area contributed by atoms with E-state index in [4.69, 9.17) is 5.11 Å². The Hall–Kier alpha value is -2.05. The first-order chi connectivity index (χ1) is 8.00. The molecule has 0 bridgehead atoms. The molecule has 0 saturated carbocycles. The van der Waals surface area contributed by atoms with Crippen LogP contribution in [-0.2, 0) is 18.4 Å². The normalized spacial score (nSPS) is 10.0. The van der Waals surface area contributed by atoms with Crippen molar-refractivity contribution in [2.45, 2.75) is 13.0 Å². The van der Waals surface area contributed by atoms with E-state index in [0.29, 0.717) is 6.54 Å². The van der Waals surface area contributed by atoms with Gasteiger partial charge >= 0.3 is 12.0 Å². The van der Waals surface area contributed by atoms with Crippen LogP contribution in [0.25, 0.3) is 0 Å². The number of nitrogens with one attached hydrogen (secondary N) is 1. The molecule has 0 saturated heterocycles. The fraction of sp³-hybridized carbons (Fsp3) is 0.500. The third-order valence-electron chi connectivity index (χ3n) is 2.26. The fourth-order valence-corrected chi connectivity index (χ4v) is 1.24. The van der Waals surface area contributed by atoms with E-state index in [2.05, 4.69) is 10.3 Å². The SMILES string of the molecule is CN(Cc1nccn1C)C(=O)NCCC(=O)O. The molecule has 7 heteroatoms. The average Bonchev–Trinajstić information content (AvgIpc) is 2.63. The number of amides is 2. The van der Waals surface area contributed by atoms with Crippen LogP contribution in [0.3, 0.4) is 0 Å². The third kappa shape index (κ3) is 4.13. The number of aliphatic carboxylic acids is 1. The van der Waals surface area contributed by atoms with Gasteiger partial charge in [0.15, 0.2) is 0 Å². The third-order valence-corrected chi connectivity index (χ3v) is 2.26. The lowest BCUT2D eigenvalue weighted by Crippen LogP contribution is -2.38. The zero-order chi connectivity index (χ0) is 12.8. The van der Waals surface area contributed by atoms with Crippen LogP contribution in [0, 0.1) is 0 Å². The van der Waals surface area contributed by atoms with Crippen molar-refractivity contribution >= 4 is 12.0 Å². The van der Waals surface area contributed by atoms with Gasteiger partial charge in [0.25, 0.3) is 0 Å². The summed E-state index contributed by atoms with van der Waals surface area (Å²) >= 11 is 0. The summed E-state index contributed by atoms with van der Waals surface area (Å²) in [7, 11) is 3.48. The minimum Gasteiger partial charge on any atom is -0.481 e. The van der Waals surface area contributed by atoms with Gasteiger partial charge in [0.2, 0.25) is 0 Å². The lowest BCUT2D eigenvalue weighted by atomic mass is 10.4. The molecule has 1 heterocycles. The first-order valence-corrected chi connectivity index (χ1v) is 5.17. The average molecular weight is 240 g/mol. The molecule has 94 valence electrons. The van der Waals surface area contributed by atoms with Gasteiger partial charge < -0.3 is 19.9 Å². The molecule has 0 aliphatic heterocycles. The summed E-state index contributed by atoms with van der Waals surface area (Å²) < 4.78 is 1.82. The van der Waals surface area contributed by atoms with Gasteiger partial charge in [0.1, 0.15) is 5.82 Å². The van der Waals surface area contributed by atoms with E-state index in [-0.39, 0.29) is 19.0 Å². The smallest absolute Gasteiger partial charge is 0.317 e. The first kappa shape index (κ1) is 13.0. The lowest BCUT2D eigenvalue weighted by molar-refractivity contribution is -0.136. The predicted octanol–water partition coefficient (Wildman–Crippen LogP) is 0.0362. The van der Waals surface area contributed by atoms with Crippen LogP contribution < -0.4 is 5.32 Å².